The molecule has 3 heterocycles. The first-order chi connectivity index (χ1) is 25.2. The number of carboxylic acids is 1. The summed E-state index contributed by atoms with van der Waals surface area (Å²) in [6.07, 6.45) is 7.53. The largest absolute Gasteiger partial charge is 0.476 e. The quantitative estimate of drug-likeness (QED) is 0.107. The van der Waals surface area contributed by atoms with Crippen molar-refractivity contribution in [3.63, 3.8) is 0 Å². The van der Waals surface area contributed by atoms with Gasteiger partial charge in [0.2, 0.25) is 0 Å². The Morgan fingerprint density at radius 3 is 2.45 bits per heavy atom. The summed E-state index contributed by atoms with van der Waals surface area (Å²) in [6, 6.07) is 16.7. The molecule has 4 saturated carbocycles. The number of rotatable bonds is 8. The molecule has 2 aromatic heterocycles. The summed E-state index contributed by atoms with van der Waals surface area (Å²) in [5, 5.41) is 13.9. The fourth-order valence-corrected chi connectivity index (χ4v) is 11.8. The van der Waals surface area contributed by atoms with Crippen molar-refractivity contribution in [2.75, 3.05) is 41.8 Å². The number of nitrogens with zero attached hydrogens (tertiary/aromatic N) is 5. The molecular formula is C40H46N8O4S. The molecule has 276 valence electrons. The summed E-state index contributed by atoms with van der Waals surface area (Å²) >= 11 is 1.42. The van der Waals surface area contributed by atoms with Crippen molar-refractivity contribution in [2.24, 2.45) is 32.9 Å². The Kier molecular flexibility index (Phi) is 8.39. The number of urea groups is 1. The van der Waals surface area contributed by atoms with E-state index in [9.17, 15) is 14.7 Å². The van der Waals surface area contributed by atoms with E-state index in [4.69, 9.17) is 21.5 Å². The molecule has 53 heavy (non-hydrogen) atoms. The van der Waals surface area contributed by atoms with Crippen molar-refractivity contribution in [3.05, 3.63) is 72.1 Å². The summed E-state index contributed by atoms with van der Waals surface area (Å²) in [6.45, 7) is 8.29. The summed E-state index contributed by atoms with van der Waals surface area (Å²) in [4.78, 5) is 50.3. The van der Waals surface area contributed by atoms with Gasteiger partial charge in [-0.25, -0.2) is 25.5 Å². The first kappa shape index (κ1) is 35.2. The standard InChI is InChI=1S/C40H46N8O4S/c1-24(43-23-39-18-37(2)17-38(3,19-39)21-40(20-37,22-39)52-42)27(16-41)26-10-11-28(44-33(26)34(49)50)25-9-12-30-31(15-25)48(14-13-47(30)4)36(51)46-35-45-29-7-5-6-8-32(29)53-35/h5-12,15-16H,13-14,17-23,41-42H2,1-4H3,(H,49,50)(H,45,46,51). The van der Waals surface area contributed by atoms with Crippen LogP contribution in [0.2, 0.25) is 0 Å². The molecule has 4 aliphatic carbocycles. The Balaban J connectivity index is 1.07. The lowest BCUT2D eigenvalue weighted by atomic mass is 9.39. The van der Waals surface area contributed by atoms with Crippen LogP contribution in [0.5, 0.6) is 0 Å². The number of carbonyl (C=O) groups is 2. The maximum Gasteiger partial charge on any atom is 0.355 e. The van der Waals surface area contributed by atoms with E-state index in [1.54, 1.807) is 17.0 Å². The van der Waals surface area contributed by atoms with Gasteiger partial charge >= 0.3 is 12.0 Å². The third-order valence-electron chi connectivity index (χ3n) is 11.9. The van der Waals surface area contributed by atoms with Gasteiger partial charge in [-0.15, -0.1) is 0 Å². The third kappa shape index (κ3) is 6.24. The zero-order valence-electron chi connectivity index (χ0n) is 30.6. The Morgan fingerprint density at radius 2 is 1.75 bits per heavy atom. The van der Waals surface area contributed by atoms with Gasteiger partial charge in [-0.3, -0.25) is 20.0 Å². The van der Waals surface area contributed by atoms with Crippen molar-refractivity contribution in [1.29, 1.82) is 0 Å². The van der Waals surface area contributed by atoms with Crippen LogP contribution in [0.1, 0.15) is 75.3 Å². The average molecular weight is 735 g/mol. The van der Waals surface area contributed by atoms with Gasteiger partial charge in [-0.1, -0.05) is 43.4 Å². The summed E-state index contributed by atoms with van der Waals surface area (Å²) in [7, 11) is 1.98. The molecular weight excluding hydrogens is 689 g/mol. The summed E-state index contributed by atoms with van der Waals surface area (Å²) in [5.41, 5.74) is 11.1. The number of allylic oxidation sites excluding steroid dienone is 1. The maximum atomic E-state index is 13.6. The zero-order valence-corrected chi connectivity index (χ0v) is 31.4. The minimum Gasteiger partial charge on any atom is -0.476 e. The van der Waals surface area contributed by atoms with Gasteiger partial charge < -0.3 is 15.7 Å². The van der Waals surface area contributed by atoms with E-state index < -0.39 is 5.97 Å². The van der Waals surface area contributed by atoms with Gasteiger partial charge in [0.15, 0.2) is 10.8 Å². The number of benzene rings is 2. The van der Waals surface area contributed by atoms with Crippen LogP contribution in [0.4, 0.5) is 21.3 Å². The second kappa shape index (κ2) is 12.6. The third-order valence-corrected chi connectivity index (χ3v) is 12.8. The number of nitrogens with two attached hydrogens (primary N) is 2. The van der Waals surface area contributed by atoms with Crippen molar-refractivity contribution >= 4 is 61.3 Å². The minimum atomic E-state index is -1.17. The number of thiazole rings is 1. The van der Waals surface area contributed by atoms with Crippen molar-refractivity contribution < 1.29 is 19.5 Å². The van der Waals surface area contributed by atoms with Crippen LogP contribution in [-0.2, 0) is 4.84 Å². The number of pyridine rings is 1. The number of anilines is 3. The molecule has 4 bridgehead atoms. The van der Waals surface area contributed by atoms with E-state index in [1.165, 1.54) is 24.0 Å². The zero-order chi connectivity index (χ0) is 37.3. The molecule has 9 rings (SSSR count). The highest BCUT2D eigenvalue weighted by Crippen LogP contribution is 2.71. The second-order valence-electron chi connectivity index (χ2n) is 16.6. The van der Waals surface area contributed by atoms with Crippen LogP contribution in [0.15, 0.2) is 65.8 Å². The molecule has 2 unspecified atom stereocenters. The van der Waals surface area contributed by atoms with Crippen molar-refractivity contribution in [3.8, 4) is 11.3 Å². The van der Waals surface area contributed by atoms with E-state index in [1.807, 2.05) is 56.4 Å². The normalized spacial score (nSPS) is 28.0. The number of fused-ring (bicyclic) bond motifs is 2. The van der Waals surface area contributed by atoms with Gasteiger partial charge in [-0.2, -0.15) is 0 Å². The van der Waals surface area contributed by atoms with E-state index in [-0.39, 0.29) is 33.6 Å². The SMILES string of the molecule is CC(=NCC12CC3(C)CC(C)(C1)CC(ON)(C3)C2)C(=CN)c1ccc(-c2ccc3c(c2)N(C(=O)Nc2nc4ccccc4s2)CCN3C)nc1C(=O)O. The number of hydrogen-bond acceptors (Lipinski definition) is 10. The molecule has 0 saturated heterocycles. The monoisotopic (exact) mass is 734 g/mol. The first-order valence-electron chi connectivity index (χ1n) is 18.1. The smallest absolute Gasteiger partial charge is 0.355 e. The molecule has 0 radical (unpaired) electrons. The lowest BCUT2D eigenvalue weighted by molar-refractivity contribution is -0.244. The molecule has 13 heteroatoms. The number of carboxylic acid groups (broad SMARTS) is 1. The molecule has 2 amide bonds. The van der Waals surface area contributed by atoms with Crippen LogP contribution in [0, 0.1) is 16.2 Å². The first-order valence-corrected chi connectivity index (χ1v) is 18.9. The highest BCUT2D eigenvalue weighted by molar-refractivity contribution is 7.22. The Morgan fingerprint density at radius 1 is 1.00 bits per heavy atom. The van der Waals surface area contributed by atoms with Crippen LogP contribution >= 0.6 is 11.3 Å². The van der Waals surface area contributed by atoms with E-state index >= 15 is 0 Å². The molecule has 5 aliphatic rings. The number of amides is 2. The van der Waals surface area contributed by atoms with Crippen molar-refractivity contribution in [2.45, 2.75) is 64.9 Å². The van der Waals surface area contributed by atoms with Crippen LogP contribution in [-0.4, -0.2) is 65.1 Å². The van der Waals surface area contributed by atoms with Crippen molar-refractivity contribution in [1.82, 2.24) is 9.97 Å². The summed E-state index contributed by atoms with van der Waals surface area (Å²) < 4.78 is 0.990. The highest BCUT2D eigenvalue weighted by Gasteiger charge is 2.66. The predicted octanol–water partition coefficient (Wildman–Crippen LogP) is 7.31. The number of aromatic nitrogens is 2. The maximum absolute atomic E-state index is 13.6. The number of aromatic carboxylic acids is 1. The molecule has 4 fully saturated rings. The number of nitrogens with one attached hydrogen (secondary N) is 1. The molecule has 1 aliphatic heterocycles. The Labute approximate surface area is 312 Å². The van der Waals surface area contributed by atoms with E-state index in [0.717, 1.165) is 48.0 Å². The topological polar surface area (TPSA) is 172 Å². The number of carbonyl (C=O) groups excluding carboxylic acids is 1. The molecule has 4 aromatic rings. The number of para-hydroxylation sites is 1. The lowest BCUT2D eigenvalue weighted by Gasteiger charge is -2.68. The molecule has 0 spiro atoms. The Hall–Kier alpha value is -4.85. The van der Waals surface area contributed by atoms with E-state index in [0.29, 0.717) is 58.6 Å². The fraction of sp³-hybridized carbons (Fsp3) is 0.425. The number of likely N-dealkylation sites (N-methyl/N-ethyl adjacent to an activating group) is 1. The number of hydrogen-bond donors (Lipinski definition) is 4. The molecule has 12 nitrogen and oxygen atoms in total. The van der Waals surface area contributed by atoms with Gasteiger partial charge in [0.25, 0.3) is 0 Å². The summed E-state index contributed by atoms with van der Waals surface area (Å²) in [5.74, 6) is 4.78. The fourth-order valence-electron chi connectivity index (χ4n) is 10.9. The number of aliphatic imine (C=N–C) groups is 1. The minimum absolute atomic E-state index is 0.0456. The van der Waals surface area contributed by atoms with Crippen LogP contribution < -0.4 is 26.7 Å². The average Bonchev–Trinajstić information content (AvgIpc) is 3.52. The molecule has 2 aromatic carbocycles. The van der Waals surface area contributed by atoms with Gasteiger partial charge in [0.05, 0.1) is 32.9 Å². The lowest BCUT2D eigenvalue weighted by Crippen LogP contribution is -2.64. The second-order valence-corrected chi connectivity index (χ2v) is 17.6. The van der Waals surface area contributed by atoms with Crippen LogP contribution in [0.25, 0.3) is 27.0 Å². The molecule has 2 atom stereocenters. The van der Waals surface area contributed by atoms with E-state index in [2.05, 4.69) is 34.0 Å². The highest BCUT2D eigenvalue weighted by atomic mass is 32.1. The van der Waals surface area contributed by atoms with Gasteiger partial charge in [0.1, 0.15) is 0 Å². The van der Waals surface area contributed by atoms with Gasteiger partial charge in [0, 0.05) is 55.3 Å². The Bertz CT molecular complexity index is 2160. The molecule has 6 N–H and O–H groups in total. The van der Waals surface area contributed by atoms with Gasteiger partial charge in [-0.05, 0) is 98.1 Å². The predicted molar refractivity (Wildman–Crippen MR) is 210 cm³/mol. The van der Waals surface area contributed by atoms with Crippen LogP contribution in [0.3, 0.4) is 0 Å².